The van der Waals surface area contributed by atoms with Gasteiger partial charge in [0.2, 0.25) is 11.4 Å². The van der Waals surface area contributed by atoms with Crippen molar-refractivity contribution in [2.45, 2.75) is 58.5 Å². The zero-order valence-corrected chi connectivity index (χ0v) is 23.5. The highest BCUT2D eigenvalue weighted by Crippen LogP contribution is 2.37. The Morgan fingerprint density at radius 1 is 1.20 bits per heavy atom. The average molecular weight is 576 g/mol. The van der Waals surface area contributed by atoms with E-state index in [2.05, 4.69) is 20.2 Å². The van der Waals surface area contributed by atoms with Crippen molar-refractivity contribution in [3.8, 4) is 17.0 Å². The molecule has 3 atom stereocenters. The van der Waals surface area contributed by atoms with Gasteiger partial charge in [-0.25, -0.2) is 9.37 Å². The molecule has 1 aliphatic rings. The molecule has 0 spiro atoms. The number of halogens is 4. The molecule has 1 unspecified atom stereocenters. The number of pyridine rings is 2. The summed E-state index contributed by atoms with van der Waals surface area (Å²) in [5, 5.41) is 2.56. The Morgan fingerprint density at radius 2 is 1.88 bits per heavy atom. The highest BCUT2D eigenvalue weighted by atomic mass is 19.4. The summed E-state index contributed by atoms with van der Waals surface area (Å²) in [4.78, 5) is 35.3. The molecule has 1 fully saturated rings. The van der Waals surface area contributed by atoms with Gasteiger partial charge < -0.3 is 19.9 Å². The Morgan fingerprint density at radius 3 is 2.51 bits per heavy atom. The highest BCUT2D eigenvalue weighted by Gasteiger charge is 2.36. The van der Waals surface area contributed by atoms with E-state index in [0.29, 0.717) is 30.4 Å². The Balaban J connectivity index is 1.81. The summed E-state index contributed by atoms with van der Waals surface area (Å²) >= 11 is 0. The molecule has 1 aliphatic heterocycles. The van der Waals surface area contributed by atoms with E-state index in [9.17, 15) is 22.8 Å². The van der Waals surface area contributed by atoms with Gasteiger partial charge in [0.05, 0.1) is 28.6 Å². The van der Waals surface area contributed by atoms with Gasteiger partial charge in [-0.1, -0.05) is 6.92 Å². The fourth-order valence-corrected chi connectivity index (χ4v) is 4.76. The van der Waals surface area contributed by atoms with Gasteiger partial charge in [0.15, 0.2) is 0 Å². The SMILES string of the molecule is CCC(C)Oc1cc(-c2cc(NC(=O)c3c[nH]c(=O)cc3C(F)(F)F)c(N3C[C@@H](C)N(C)[C@@H](C)C3)cc2F)ccn1. The smallest absolute Gasteiger partial charge is 0.417 e. The van der Waals surface area contributed by atoms with Crippen LogP contribution in [0.5, 0.6) is 5.88 Å². The van der Waals surface area contributed by atoms with Gasteiger partial charge in [-0.3, -0.25) is 14.5 Å². The fourth-order valence-electron chi connectivity index (χ4n) is 4.76. The molecule has 2 N–H and O–H groups in total. The van der Waals surface area contributed by atoms with Crippen LogP contribution in [0.2, 0.25) is 0 Å². The number of H-pyrrole nitrogens is 1. The first-order chi connectivity index (χ1) is 19.3. The minimum Gasteiger partial charge on any atom is -0.475 e. The number of benzene rings is 1. The van der Waals surface area contributed by atoms with Crippen LogP contribution >= 0.6 is 0 Å². The molecule has 1 aromatic carbocycles. The number of hydrogen-bond acceptors (Lipinski definition) is 6. The van der Waals surface area contributed by atoms with Crippen LogP contribution in [-0.4, -0.2) is 59.1 Å². The first-order valence-corrected chi connectivity index (χ1v) is 13.3. The van der Waals surface area contributed by atoms with Crippen molar-refractivity contribution in [1.29, 1.82) is 0 Å². The van der Waals surface area contributed by atoms with E-state index in [4.69, 9.17) is 4.74 Å². The van der Waals surface area contributed by atoms with Crippen molar-refractivity contribution >= 4 is 17.3 Å². The Labute approximate surface area is 235 Å². The molecule has 12 heteroatoms. The first kappa shape index (κ1) is 30.0. The molecule has 0 radical (unpaired) electrons. The van der Waals surface area contributed by atoms with Crippen LogP contribution in [0.3, 0.4) is 0 Å². The molecular formula is C29H33F4N5O3. The standard InChI is InChI=1S/C29H33F4N5O3/c1-6-18(4)41-27-9-19(7-8-34-27)20-10-24(25(12-23(20)30)38-14-16(2)37(5)17(3)15-38)36-28(40)21-13-35-26(39)11-22(21)29(31,32)33/h7-13,16-18H,6,14-15H2,1-5H3,(H,35,39)(H,36,40)/t16-,17+,18?. The molecule has 41 heavy (non-hydrogen) atoms. The molecule has 8 nitrogen and oxygen atoms in total. The number of anilines is 2. The molecule has 220 valence electrons. The van der Waals surface area contributed by atoms with Gasteiger partial charge in [-0.15, -0.1) is 0 Å². The third kappa shape index (κ3) is 6.70. The maximum Gasteiger partial charge on any atom is 0.417 e. The molecule has 0 bridgehead atoms. The van der Waals surface area contributed by atoms with Crippen LogP contribution in [0.4, 0.5) is 28.9 Å². The summed E-state index contributed by atoms with van der Waals surface area (Å²) in [7, 11) is 1.98. The number of rotatable bonds is 7. The second-order valence-corrected chi connectivity index (χ2v) is 10.4. The Hall–Kier alpha value is -3.93. The molecule has 3 heterocycles. The second kappa shape index (κ2) is 11.9. The molecular weight excluding hydrogens is 542 g/mol. The van der Waals surface area contributed by atoms with E-state index in [-0.39, 0.29) is 35.3 Å². The number of amides is 1. The van der Waals surface area contributed by atoms with Crippen LogP contribution in [0.15, 0.2) is 47.5 Å². The van der Waals surface area contributed by atoms with E-state index in [1.54, 1.807) is 12.1 Å². The van der Waals surface area contributed by atoms with Gasteiger partial charge in [0, 0.05) is 55.3 Å². The number of carbonyl (C=O) groups is 1. The lowest BCUT2D eigenvalue weighted by molar-refractivity contribution is -0.138. The van der Waals surface area contributed by atoms with Crippen LogP contribution in [0.1, 0.15) is 50.0 Å². The van der Waals surface area contributed by atoms with Crippen molar-refractivity contribution in [1.82, 2.24) is 14.9 Å². The summed E-state index contributed by atoms with van der Waals surface area (Å²) in [6.45, 7) is 8.85. The topological polar surface area (TPSA) is 90.6 Å². The average Bonchev–Trinajstić information content (AvgIpc) is 2.91. The summed E-state index contributed by atoms with van der Waals surface area (Å²) in [5.74, 6) is -1.40. The van der Waals surface area contributed by atoms with Crippen LogP contribution < -0.4 is 20.5 Å². The molecule has 1 amide bonds. The van der Waals surface area contributed by atoms with Gasteiger partial charge in [-0.2, -0.15) is 13.2 Å². The first-order valence-electron chi connectivity index (χ1n) is 13.3. The number of carbonyl (C=O) groups excluding carboxylic acids is 1. The third-order valence-corrected chi connectivity index (χ3v) is 7.45. The fraction of sp³-hybridized carbons (Fsp3) is 0.414. The Kier molecular flexibility index (Phi) is 8.71. The second-order valence-electron chi connectivity index (χ2n) is 10.4. The van der Waals surface area contributed by atoms with E-state index in [1.165, 1.54) is 18.3 Å². The predicted molar refractivity (Wildman–Crippen MR) is 149 cm³/mol. The maximum absolute atomic E-state index is 15.7. The minimum atomic E-state index is -4.94. The lowest BCUT2D eigenvalue weighted by Crippen LogP contribution is -2.55. The van der Waals surface area contributed by atoms with E-state index in [0.717, 1.165) is 12.6 Å². The predicted octanol–water partition coefficient (Wildman–Crippen LogP) is 5.55. The number of hydrogen-bond donors (Lipinski definition) is 2. The summed E-state index contributed by atoms with van der Waals surface area (Å²) in [6, 6.07) is 6.34. The molecule has 2 aromatic heterocycles. The monoisotopic (exact) mass is 575 g/mol. The highest BCUT2D eigenvalue weighted by molar-refractivity contribution is 6.07. The van der Waals surface area contributed by atoms with Gasteiger partial charge in [-0.05, 0) is 58.0 Å². The number of nitrogens with zero attached hydrogens (tertiary/aromatic N) is 3. The molecule has 4 rings (SSSR count). The van der Waals surface area contributed by atoms with Crippen LogP contribution in [0, 0.1) is 5.82 Å². The van der Waals surface area contributed by atoms with E-state index in [1.807, 2.05) is 39.6 Å². The number of aromatic nitrogens is 2. The van der Waals surface area contributed by atoms with Crippen molar-refractivity contribution in [3.63, 3.8) is 0 Å². The van der Waals surface area contributed by atoms with Crippen LogP contribution in [-0.2, 0) is 6.18 Å². The van der Waals surface area contributed by atoms with Crippen molar-refractivity contribution < 1.29 is 27.1 Å². The number of piperazine rings is 1. The quantitative estimate of drug-likeness (QED) is 0.359. The lowest BCUT2D eigenvalue weighted by atomic mass is 10.0. The molecule has 0 aliphatic carbocycles. The van der Waals surface area contributed by atoms with Gasteiger partial charge in [0.25, 0.3) is 5.91 Å². The van der Waals surface area contributed by atoms with Gasteiger partial charge in [0.1, 0.15) is 5.82 Å². The van der Waals surface area contributed by atoms with E-state index >= 15 is 4.39 Å². The zero-order valence-electron chi connectivity index (χ0n) is 23.5. The largest absolute Gasteiger partial charge is 0.475 e. The third-order valence-electron chi connectivity index (χ3n) is 7.45. The summed E-state index contributed by atoms with van der Waals surface area (Å²) < 4.78 is 62.6. The number of alkyl halides is 3. The number of ether oxygens (including phenoxy) is 1. The number of aromatic amines is 1. The van der Waals surface area contributed by atoms with Crippen molar-refractivity contribution in [2.75, 3.05) is 30.4 Å². The Bertz CT molecular complexity index is 1460. The van der Waals surface area contributed by atoms with Crippen molar-refractivity contribution in [3.05, 3.63) is 70.0 Å². The van der Waals surface area contributed by atoms with Crippen LogP contribution in [0.25, 0.3) is 11.1 Å². The lowest BCUT2D eigenvalue weighted by Gasteiger charge is -2.44. The summed E-state index contributed by atoms with van der Waals surface area (Å²) in [5.41, 5.74) is -2.16. The maximum atomic E-state index is 15.7. The number of likely N-dealkylation sites (N-methyl/N-ethyl adjacent to an activating group) is 1. The summed E-state index contributed by atoms with van der Waals surface area (Å²) in [6.07, 6.45) is -2.13. The zero-order chi connectivity index (χ0) is 30.1. The molecule has 0 saturated carbocycles. The minimum absolute atomic E-state index is 0.0847. The van der Waals surface area contributed by atoms with Gasteiger partial charge >= 0.3 is 6.18 Å². The molecule has 1 saturated heterocycles. The molecule has 3 aromatic rings. The number of nitrogens with one attached hydrogen (secondary N) is 2. The van der Waals surface area contributed by atoms with Crippen molar-refractivity contribution in [2.24, 2.45) is 0 Å². The van der Waals surface area contributed by atoms with E-state index < -0.39 is 34.6 Å². The normalized spacial score (nSPS) is 18.7.